The summed E-state index contributed by atoms with van der Waals surface area (Å²) in [7, 11) is 0. The van der Waals surface area contributed by atoms with Crippen LogP contribution < -0.4 is 0 Å². The minimum Gasteiger partial charge on any atom is -0.512 e. The summed E-state index contributed by atoms with van der Waals surface area (Å²) in [5.74, 6) is -0.0625. The Morgan fingerprint density at radius 2 is 2.00 bits per heavy atom. The molecule has 5 heteroatoms. The Morgan fingerprint density at radius 1 is 1.30 bits per heavy atom. The van der Waals surface area contributed by atoms with E-state index in [2.05, 4.69) is 40.7 Å². The maximum absolute atomic E-state index is 10.0. The number of hydrogen-bond acceptors (Lipinski definition) is 3. The number of aryl methyl sites for hydroxylation is 2. The molecule has 3 aromatic rings. The molecule has 0 amide bonds. The molecule has 0 bridgehead atoms. The van der Waals surface area contributed by atoms with Gasteiger partial charge in [-0.3, -0.25) is 9.78 Å². The van der Waals surface area contributed by atoms with Crippen molar-refractivity contribution in [3.63, 3.8) is 0 Å². The van der Waals surface area contributed by atoms with Gasteiger partial charge < -0.3 is 9.51 Å². The maximum atomic E-state index is 10.0. The van der Waals surface area contributed by atoms with Gasteiger partial charge in [-0.05, 0) is 33.9 Å². The van der Waals surface area contributed by atoms with E-state index in [1.54, 1.807) is 0 Å². The average molecular weight is 488 g/mol. The van der Waals surface area contributed by atoms with Crippen molar-refractivity contribution >= 4 is 22.2 Å². The van der Waals surface area contributed by atoms with Crippen LogP contribution in [0.4, 0.5) is 0 Å². The topological polar surface area (TPSA) is 54.6 Å². The molecule has 0 saturated heterocycles. The predicted molar refractivity (Wildman–Crippen MR) is 88.1 cm³/mol. The molecule has 0 spiro atoms. The van der Waals surface area contributed by atoms with E-state index in [0.717, 1.165) is 16.7 Å². The van der Waals surface area contributed by atoms with Crippen molar-refractivity contribution in [2.24, 2.45) is 0 Å². The first-order chi connectivity index (χ1) is 10.4. The molecule has 3 rings (SSSR count). The molecule has 2 heterocycles. The summed E-state index contributed by atoms with van der Waals surface area (Å²) in [6, 6.07) is 11.4. The van der Waals surface area contributed by atoms with Crippen molar-refractivity contribution in [2.75, 3.05) is 0 Å². The number of imidazole rings is 1. The second kappa shape index (κ2) is 8.04. The van der Waals surface area contributed by atoms with Gasteiger partial charge in [-0.25, -0.2) is 0 Å². The summed E-state index contributed by atoms with van der Waals surface area (Å²) in [5.41, 5.74) is 3.28. The first-order valence-corrected chi connectivity index (χ1v) is 7.02. The number of carbonyl (C=O) groups excluding carboxylic acids is 1. The molecule has 0 aliphatic heterocycles. The van der Waals surface area contributed by atoms with E-state index in [1.165, 1.54) is 31.0 Å². The number of allylic oxidation sites excluding steroid dienone is 2. The zero-order valence-corrected chi connectivity index (χ0v) is 15.9. The van der Waals surface area contributed by atoms with Gasteiger partial charge in [0.25, 0.3) is 0 Å². The first kappa shape index (κ1) is 19.1. The molecule has 0 aliphatic rings. The van der Waals surface area contributed by atoms with Gasteiger partial charge in [-0.15, -0.1) is 35.0 Å². The van der Waals surface area contributed by atoms with Crippen LogP contribution in [-0.4, -0.2) is 20.3 Å². The van der Waals surface area contributed by atoms with E-state index in [1.807, 2.05) is 19.1 Å². The van der Waals surface area contributed by atoms with Crippen molar-refractivity contribution in [3.8, 4) is 0 Å². The molecule has 23 heavy (non-hydrogen) atoms. The van der Waals surface area contributed by atoms with Crippen molar-refractivity contribution in [3.05, 3.63) is 59.8 Å². The van der Waals surface area contributed by atoms with Crippen LogP contribution in [0.3, 0.4) is 0 Å². The van der Waals surface area contributed by atoms with Crippen LogP contribution in [0.15, 0.2) is 42.3 Å². The Kier molecular flexibility index (Phi) is 6.67. The van der Waals surface area contributed by atoms with Crippen LogP contribution in [0, 0.1) is 19.9 Å². The predicted octanol–water partition coefficient (Wildman–Crippen LogP) is 3.94. The molecule has 4 nitrogen and oxygen atoms in total. The third-order valence-electron chi connectivity index (χ3n) is 3.31. The molecule has 1 N–H and O–H groups in total. The van der Waals surface area contributed by atoms with Crippen molar-refractivity contribution in [1.29, 1.82) is 0 Å². The molecule has 123 valence electrons. The Morgan fingerprint density at radius 3 is 2.57 bits per heavy atom. The van der Waals surface area contributed by atoms with E-state index in [-0.39, 0.29) is 31.6 Å². The SMILES string of the molecule is CC(=O)/C=C(/C)O.Cc1nc2c3[c-]cccc3ccn2c1C.[Ir]. The molecule has 0 aliphatic carbocycles. The monoisotopic (exact) mass is 488 g/mol. The summed E-state index contributed by atoms with van der Waals surface area (Å²) in [6.07, 6.45) is 3.24. The minimum atomic E-state index is -0.125. The zero-order chi connectivity index (χ0) is 16.3. The van der Waals surface area contributed by atoms with E-state index in [0.29, 0.717) is 0 Å². The average Bonchev–Trinajstić information content (AvgIpc) is 2.74. The Balaban J connectivity index is 0.000000287. The molecule has 1 radical (unpaired) electrons. The van der Waals surface area contributed by atoms with Gasteiger partial charge in [0.2, 0.25) is 0 Å². The zero-order valence-electron chi connectivity index (χ0n) is 13.5. The molecular weight excluding hydrogens is 468 g/mol. The summed E-state index contributed by atoms with van der Waals surface area (Å²) in [6.45, 7) is 6.97. The van der Waals surface area contributed by atoms with Crippen molar-refractivity contribution in [2.45, 2.75) is 27.7 Å². The molecule has 1 aromatic carbocycles. The Hall–Kier alpha value is -1.97. The number of nitrogens with zero attached hydrogens (tertiary/aromatic N) is 2. The number of aromatic nitrogens is 2. The van der Waals surface area contributed by atoms with Crippen molar-refractivity contribution in [1.82, 2.24) is 9.38 Å². The van der Waals surface area contributed by atoms with Crippen LogP contribution >= 0.6 is 0 Å². The number of pyridine rings is 1. The molecule has 2 aromatic heterocycles. The fourth-order valence-electron chi connectivity index (χ4n) is 2.22. The summed E-state index contributed by atoms with van der Waals surface area (Å²) < 4.78 is 2.12. The number of hydrogen-bond donors (Lipinski definition) is 1. The molecule has 0 atom stereocenters. The van der Waals surface area contributed by atoms with Gasteiger partial charge in [0.15, 0.2) is 5.78 Å². The van der Waals surface area contributed by atoms with E-state index in [4.69, 9.17) is 5.11 Å². The quantitative estimate of drug-likeness (QED) is 0.321. The van der Waals surface area contributed by atoms with E-state index in [9.17, 15) is 4.79 Å². The summed E-state index contributed by atoms with van der Waals surface area (Å²) in [4.78, 5) is 14.6. The normalized spacial score (nSPS) is 10.9. The van der Waals surface area contributed by atoms with Crippen molar-refractivity contribution < 1.29 is 30.0 Å². The van der Waals surface area contributed by atoms with Crippen LogP contribution in [0.25, 0.3) is 16.4 Å². The van der Waals surface area contributed by atoms with Gasteiger partial charge in [0, 0.05) is 37.6 Å². The number of rotatable bonds is 1. The Labute approximate surface area is 149 Å². The Bertz CT molecular complexity index is 862. The third kappa shape index (κ3) is 4.50. The van der Waals surface area contributed by atoms with Gasteiger partial charge in [0.1, 0.15) is 0 Å². The number of ketones is 1. The number of aliphatic hydroxyl groups is 1. The standard InChI is InChI=1S/C13H11N2.C5H8O2.Ir/c1-9-10(2)15-8-7-11-5-3-4-6-12(11)13(15)14-9;1-4(6)3-5(2)7;/h3-5,7-8H,1-2H3;3,6H,1-2H3;/q-1;;/b;4-3-;. The minimum absolute atomic E-state index is 0. The second-order valence-corrected chi connectivity index (χ2v) is 5.19. The molecule has 0 saturated carbocycles. The van der Waals surface area contributed by atoms with Crippen LogP contribution in [0.2, 0.25) is 0 Å². The van der Waals surface area contributed by atoms with Gasteiger partial charge in [0.05, 0.1) is 11.4 Å². The van der Waals surface area contributed by atoms with Crippen LogP contribution in [0.5, 0.6) is 0 Å². The smallest absolute Gasteiger partial charge is 0.155 e. The fourth-order valence-corrected chi connectivity index (χ4v) is 2.22. The number of aliphatic hydroxyl groups excluding tert-OH is 1. The second-order valence-electron chi connectivity index (χ2n) is 5.19. The number of benzene rings is 1. The van der Waals surface area contributed by atoms with Crippen LogP contribution in [0.1, 0.15) is 25.2 Å². The number of fused-ring (bicyclic) bond motifs is 3. The fraction of sp³-hybridized carbons (Fsp3) is 0.222. The summed E-state index contributed by atoms with van der Waals surface area (Å²) >= 11 is 0. The summed E-state index contributed by atoms with van der Waals surface area (Å²) in [5, 5.41) is 10.6. The van der Waals surface area contributed by atoms with E-state index < -0.39 is 0 Å². The third-order valence-corrected chi connectivity index (χ3v) is 3.31. The van der Waals surface area contributed by atoms with Crippen LogP contribution in [-0.2, 0) is 24.9 Å². The maximum Gasteiger partial charge on any atom is 0.155 e. The molecule has 0 fully saturated rings. The van der Waals surface area contributed by atoms with Gasteiger partial charge >= 0.3 is 0 Å². The first-order valence-electron chi connectivity index (χ1n) is 7.02. The van der Waals surface area contributed by atoms with E-state index >= 15 is 0 Å². The molecular formula is C18H19IrN2O2-. The van der Waals surface area contributed by atoms with Gasteiger partial charge in [-0.1, -0.05) is 6.07 Å². The van der Waals surface area contributed by atoms with Gasteiger partial charge in [-0.2, -0.15) is 0 Å². The number of carbonyl (C=O) groups is 1. The largest absolute Gasteiger partial charge is 0.512 e. The molecule has 0 unspecified atom stereocenters.